The molecule has 0 aliphatic rings. The van der Waals surface area contributed by atoms with Gasteiger partial charge < -0.3 is 17.0 Å². The van der Waals surface area contributed by atoms with Gasteiger partial charge in [-0.25, -0.2) is 0 Å². The highest BCUT2D eigenvalue weighted by molar-refractivity contribution is 5.90. The van der Waals surface area contributed by atoms with Gasteiger partial charge in [-0.15, -0.1) is 0 Å². The summed E-state index contributed by atoms with van der Waals surface area (Å²) in [5.74, 6) is 0.0144. The fourth-order valence-corrected chi connectivity index (χ4v) is 1.17. The summed E-state index contributed by atoms with van der Waals surface area (Å²) in [7, 11) is 0. The monoisotopic (exact) mass is 257 g/mol. The van der Waals surface area contributed by atoms with E-state index in [-0.39, 0.29) is 35.1 Å². The number of halogens is 1. The predicted octanol–water partition coefficient (Wildman–Crippen LogP) is -2.23. The van der Waals surface area contributed by atoms with Gasteiger partial charge in [0.15, 0.2) is 12.0 Å². The minimum Gasteiger partial charge on any atom is -1.00 e. The lowest BCUT2D eigenvalue weighted by Crippen LogP contribution is -3.00. The van der Waals surface area contributed by atoms with Crippen molar-refractivity contribution in [3.8, 4) is 0 Å². The second-order valence-corrected chi connectivity index (χ2v) is 2.97. The van der Waals surface area contributed by atoms with Gasteiger partial charge >= 0.3 is 0 Å². The zero-order valence-electron chi connectivity index (χ0n) is 8.16. The average Bonchev–Trinajstić information content (AvgIpc) is 2.03. The molecule has 0 aliphatic heterocycles. The first-order chi connectivity index (χ1) is 6.11. The van der Waals surface area contributed by atoms with E-state index in [0.29, 0.717) is 5.69 Å². The molecule has 4 heteroatoms. The summed E-state index contributed by atoms with van der Waals surface area (Å²) < 4.78 is 1.66. The Morgan fingerprint density at radius 2 is 1.93 bits per heavy atom. The Labute approximate surface area is 93.5 Å². The normalized spacial score (nSPS) is 9.00. The van der Waals surface area contributed by atoms with E-state index in [1.807, 2.05) is 0 Å². The van der Waals surface area contributed by atoms with Crippen LogP contribution in [0.15, 0.2) is 24.4 Å². The van der Waals surface area contributed by atoms with Crippen molar-refractivity contribution in [2.45, 2.75) is 20.4 Å². The number of aromatic nitrogens is 1. The standard InChI is InChI=1S/C10H12NO2.BrH/c1-8(12)7-11-6-4-3-5-10(11)9(2)13;/h3-6H,7H2,1-2H3;1H/q+1;/p-1. The van der Waals surface area contributed by atoms with Gasteiger partial charge in [0.1, 0.15) is 0 Å². The van der Waals surface area contributed by atoms with E-state index >= 15 is 0 Å². The molecule has 0 saturated heterocycles. The first kappa shape index (κ1) is 13.0. The Bertz CT molecular complexity index is 350. The second-order valence-electron chi connectivity index (χ2n) is 2.97. The fraction of sp³-hybridized carbons (Fsp3) is 0.300. The van der Waals surface area contributed by atoms with Gasteiger partial charge in [-0.05, 0) is 6.07 Å². The Morgan fingerprint density at radius 1 is 1.29 bits per heavy atom. The molecule has 0 bridgehead atoms. The SMILES string of the molecule is CC(=O)C[n+]1ccccc1C(C)=O.[Br-]. The van der Waals surface area contributed by atoms with Gasteiger partial charge in [0.2, 0.25) is 18.0 Å². The molecule has 0 saturated carbocycles. The van der Waals surface area contributed by atoms with Gasteiger partial charge in [-0.3, -0.25) is 9.59 Å². The lowest BCUT2D eigenvalue weighted by atomic mass is 10.2. The van der Waals surface area contributed by atoms with Crippen LogP contribution in [0, 0.1) is 0 Å². The number of hydrogen-bond acceptors (Lipinski definition) is 2. The number of rotatable bonds is 3. The molecule has 0 unspecified atom stereocenters. The predicted molar refractivity (Wildman–Crippen MR) is 47.3 cm³/mol. The minimum atomic E-state index is -0.0261. The zero-order valence-corrected chi connectivity index (χ0v) is 9.74. The van der Waals surface area contributed by atoms with Crippen molar-refractivity contribution in [1.29, 1.82) is 0 Å². The minimum absolute atomic E-state index is 0. The van der Waals surface area contributed by atoms with Crippen LogP contribution in [0.4, 0.5) is 0 Å². The molecule has 0 atom stereocenters. The summed E-state index contributed by atoms with van der Waals surface area (Å²) in [6.45, 7) is 3.26. The smallest absolute Gasteiger partial charge is 0.248 e. The number of Topliss-reactive ketones (excluding diaryl/α,β-unsaturated/α-hetero) is 2. The Balaban J connectivity index is 0.00000169. The van der Waals surface area contributed by atoms with E-state index in [1.54, 1.807) is 29.0 Å². The number of pyridine rings is 1. The highest BCUT2D eigenvalue weighted by Gasteiger charge is 2.14. The molecule has 1 aromatic rings. The van der Waals surface area contributed by atoms with Gasteiger partial charge in [-0.2, -0.15) is 4.57 Å². The summed E-state index contributed by atoms with van der Waals surface area (Å²) in [4.78, 5) is 22.0. The van der Waals surface area contributed by atoms with Crippen molar-refractivity contribution in [3.05, 3.63) is 30.1 Å². The van der Waals surface area contributed by atoms with E-state index in [4.69, 9.17) is 0 Å². The van der Waals surface area contributed by atoms with E-state index in [2.05, 4.69) is 0 Å². The number of ketones is 2. The van der Waals surface area contributed by atoms with Crippen LogP contribution in [0.25, 0.3) is 0 Å². The number of carbonyl (C=O) groups excluding carboxylic acids is 2. The largest absolute Gasteiger partial charge is 1.00 e. The third-order valence-corrected chi connectivity index (χ3v) is 1.69. The summed E-state index contributed by atoms with van der Waals surface area (Å²) in [6.07, 6.45) is 1.73. The van der Waals surface area contributed by atoms with Crippen LogP contribution in [0.3, 0.4) is 0 Å². The second kappa shape index (κ2) is 5.65. The van der Waals surface area contributed by atoms with E-state index in [9.17, 15) is 9.59 Å². The van der Waals surface area contributed by atoms with Gasteiger partial charge in [-0.1, -0.05) is 0 Å². The van der Waals surface area contributed by atoms with Crippen LogP contribution in [-0.4, -0.2) is 11.6 Å². The Kier molecular flexibility index (Phi) is 5.23. The summed E-state index contributed by atoms with van der Waals surface area (Å²) in [6, 6.07) is 5.30. The Hall–Kier alpha value is -1.03. The number of carbonyl (C=O) groups is 2. The van der Waals surface area contributed by atoms with Crippen LogP contribution in [0.5, 0.6) is 0 Å². The fourth-order valence-electron chi connectivity index (χ4n) is 1.17. The summed E-state index contributed by atoms with van der Waals surface area (Å²) in [5.41, 5.74) is 0.567. The molecule has 0 spiro atoms. The topological polar surface area (TPSA) is 38.0 Å². The van der Waals surface area contributed by atoms with Crippen molar-refractivity contribution < 1.29 is 31.1 Å². The quantitative estimate of drug-likeness (QED) is 0.454. The average molecular weight is 258 g/mol. The molecule has 0 N–H and O–H groups in total. The van der Waals surface area contributed by atoms with Crippen LogP contribution in [0.1, 0.15) is 24.3 Å². The molecule has 0 aliphatic carbocycles. The van der Waals surface area contributed by atoms with Gasteiger partial charge in [0.05, 0.1) is 0 Å². The van der Waals surface area contributed by atoms with E-state index in [1.165, 1.54) is 13.8 Å². The third-order valence-electron chi connectivity index (χ3n) is 1.69. The van der Waals surface area contributed by atoms with Crippen molar-refractivity contribution in [2.75, 3.05) is 0 Å². The lowest BCUT2D eigenvalue weighted by molar-refractivity contribution is -0.686. The molecule has 1 rings (SSSR count). The molecule has 14 heavy (non-hydrogen) atoms. The number of hydrogen-bond donors (Lipinski definition) is 0. The van der Waals surface area contributed by atoms with Crippen molar-refractivity contribution in [3.63, 3.8) is 0 Å². The molecular weight excluding hydrogens is 246 g/mol. The zero-order chi connectivity index (χ0) is 9.84. The molecule has 1 aromatic heterocycles. The van der Waals surface area contributed by atoms with Crippen molar-refractivity contribution >= 4 is 11.6 Å². The molecule has 0 fully saturated rings. The maximum Gasteiger partial charge on any atom is 0.248 e. The molecule has 76 valence electrons. The highest BCUT2D eigenvalue weighted by Crippen LogP contribution is 1.92. The lowest BCUT2D eigenvalue weighted by Gasteiger charge is -1.97. The molecule has 1 heterocycles. The molecular formula is C10H12BrNO2. The summed E-state index contributed by atoms with van der Waals surface area (Å²) in [5, 5.41) is 0. The van der Waals surface area contributed by atoms with Crippen LogP contribution < -0.4 is 21.5 Å². The maximum atomic E-state index is 11.1. The van der Waals surface area contributed by atoms with Crippen LogP contribution >= 0.6 is 0 Å². The van der Waals surface area contributed by atoms with Crippen LogP contribution in [0.2, 0.25) is 0 Å². The van der Waals surface area contributed by atoms with Crippen molar-refractivity contribution in [1.82, 2.24) is 0 Å². The summed E-state index contributed by atoms with van der Waals surface area (Å²) >= 11 is 0. The molecule has 3 nitrogen and oxygen atoms in total. The van der Waals surface area contributed by atoms with E-state index < -0.39 is 0 Å². The number of nitrogens with zero attached hydrogens (tertiary/aromatic N) is 1. The van der Waals surface area contributed by atoms with Gasteiger partial charge in [0.25, 0.3) is 0 Å². The maximum absolute atomic E-state index is 11.1. The van der Waals surface area contributed by atoms with E-state index in [0.717, 1.165) is 0 Å². The molecule has 0 radical (unpaired) electrons. The molecule has 0 aromatic carbocycles. The third kappa shape index (κ3) is 3.38. The van der Waals surface area contributed by atoms with Crippen molar-refractivity contribution in [2.24, 2.45) is 0 Å². The molecule has 0 amide bonds. The first-order valence-corrected chi connectivity index (χ1v) is 4.10. The highest BCUT2D eigenvalue weighted by atomic mass is 79.9. The van der Waals surface area contributed by atoms with Gasteiger partial charge in [0, 0.05) is 26.0 Å². The first-order valence-electron chi connectivity index (χ1n) is 4.10. The van der Waals surface area contributed by atoms with Crippen LogP contribution in [-0.2, 0) is 11.3 Å². The Morgan fingerprint density at radius 3 is 2.43 bits per heavy atom.